The highest BCUT2D eigenvalue weighted by Crippen LogP contribution is 2.30. The molecule has 1 aliphatic carbocycles. The molecule has 0 unspecified atom stereocenters. The fourth-order valence-electron chi connectivity index (χ4n) is 3.65. The molecule has 0 spiro atoms. The van der Waals surface area contributed by atoms with Crippen LogP contribution in [0.4, 0.5) is 16.2 Å². The Balaban J connectivity index is 1.26. The first-order valence-corrected chi connectivity index (χ1v) is 9.99. The maximum absolute atomic E-state index is 13.0. The van der Waals surface area contributed by atoms with E-state index in [-0.39, 0.29) is 23.7 Å². The van der Waals surface area contributed by atoms with Crippen molar-refractivity contribution in [2.75, 3.05) is 23.3 Å². The number of benzene rings is 1. The SMILES string of the molecule is O=C(Nc1nc2cccc(N3CCC(Oc4ccc(F)cc4)CC3)n2n1)C1CC1. The molecule has 2 aromatic heterocycles. The first kappa shape index (κ1) is 17.9. The zero-order valence-corrected chi connectivity index (χ0v) is 15.9. The average Bonchev–Trinajstić information content (AvgIpc) is 3.50. The lowest BCUT2D eigenvalue weighted by Crippen LogP contribution is -2.39. The number of piperidine rings is 1. The maximum Gasteiger partial charge on any atom is 0.249 e. The van der Waals surface area contributed by atoms with E-state index in [0.717, 1.165) is 44.6 Å². The fraction of sp³-hybridized carbons (Fsp3) is 0.381. The van der Waals surface area contributed by atoms with E-state index in [1.54, 1.807) is 16.6 Å². The van der Waals surface area contributed by atoms with Gasteiger partial charge in [-0.05, 0) is 49.2 Å². The molecular formula is C21H22FN5O2. The molecule has 1 saturated heterocycles. The lowest BCUT2D eigenvalue weighted by atomic mass is 10.1. The van der Waals surface area contributed by atoms with Gasteiger partial charge in [0, 0.05) is 31.8 Å². The maximum atomic E-state index is 13.0. The molecule has 0 atom stereocenters. The molecule has 150 valence electrons. The van der Waals surface area contributed by atoms with E-state index in [0.29, 0.717) is 17.3 Å². The van der Waals surface area contributed by atoms with Crippen LogP contribution in [-0.4, -0.2) is 39.7 Å². The Kier molecular flexibility index (Phi) is 4.54. The van der Waals surface area contributed by atoms with E-state index in [4.69, 9.17) is 4.74 Å². The van der Waals surface area contributed by atoms with Gasteiger partial charge in [-0.25, -0.2) is 4.39 Å². The van der Waals surface area contributed by atoms with Gasteiger partial charge in [0.1, 0.15) is 23.5 Å². The molecule has 5 rings (SSSR count). The van der Waals surface area contributed by atoms with Crippen LogP contribution in [0.2, 0.25) is 0 Å². The molecular weight excluding hydrogens is 373 g/mol. The van der Waals surface area contributed by atoms with Crippen molar-refractivity contribution < 1.29 is 13.9 Å². The highest BCUT2D eigenvalue weighted by atomic mass is 19.1. The number of hydrogen-bond acceptors (Lipinski definition) is 5. The molecule has 7 nitrogen and oxygen atoms in total. The summed E-state index contributed by atoms with van der Waals surface area (Å²) in [6.45, 7) is 1.63. The molecule has 1 aliphatic heterocycles. The van der Waals surface area contributed by atoms with Gasteiger partial charge in [-0.3, -0.25) is 10.1 Å². The van der Waals surface area contributed by atoms with E-state index < -0.39 is 0 Å². The summed E-state index contributed by atoms with van der Waals surface area (Å²) in [6.07, 6.45) is 3.69. The monoisotopic (exact) mass is 395 g/mol. The Morgan fingerprint density at radius 1 is 1.07 bits per heavy atom. The van der Waals surface area contributed by atoms with Gasteiger partial charge < -0.3 is 9.64 Å². The van der Waals surface area contributed by atoms with Crippen LogP contribution in [0.3, 0.4) is 0 Å². The predicted molar refractivity (Wildman–Crippen MR) is 107 cm³/mol. The van der Waals surface area contributed by atoms with E-state index in [9.17, 15) is 9.18 Å². The van der Waals surface area contributed by atoms with Crippen molar-refractivity contribution in [3.8, 4) is 5.75 Å². The second-order valence-electron chi connectivity index (χ2n) is 7.61. The number of aromatic nitrogens is 3. The number of hydrogen-bond donors (Lipinski definition) is 1. The van der Waals surface area contributed by atoms with Crippen molar-refractivity contribution >= 4 is 23.3 Å². The van der Waals surface area contributed by atoms with E-state index in [1.807, 2.05) is 18.2 Å². The molecule has 8 heteroatoms. The summed E-state index contributed by atoms with van der Waals surface area (Å²) in [5.41, 5.74) is 0.707. The average molecular weight is 395 g/mol. The molecule has 1 saturated carbocycles. The van der Waals surface area contributed by atoms with E-state index >= 15 is 0 Å². The number of rotatable bonds is 5. The number of anilines is 2. The number of carbonyl (C=O) groups excluding carboxylic acids is 1. The van der Waals surface area contributed by atoms with Gasteiger partial charge in [-0.2, -0.15) is 9.50 Å². The van der Waals surface area contributed by atoms with Crippen molar-refractivity contribution in [2.24, 2.45) is 5.92 Å². The van der Waals surface area contributed by atoms with Crippen molar-refractivity contribution in [2.45, 2.75) is 31.8 Å². The second-order valence-corrected chi connectivity index (χ2v) is 7.61. The Hall–Kier alpha value is -3.16. The summed E-state index contributed by atoms with van der Waals surface area (Å²) in [4.78, 5) is 18.7. The zero-order chi connectivity index (χ0) is 19.8. The number of amides is 1. The van der Waals surface area contributed by atoms with Crippen LogP contribution in [-0.2, 0) is 4.79 Å². The Morgan fingerprint density at radius 2 is 1.83 bits per heavy atom. The number of nitrogens with one attached hydrogen (secondary N) is 1. The van der Waals surface area contributed by atoms with Gasteiger partial charge in [0.25, 0.3) is 0 Å². The van der Waals surface area contributed by atoms with E-state index in [2.05, 4.69) is 20.3 Å². The lowest BCUT2D eigenvalue weighted by molar-refractivity contribution is -0.117. The molecule has 29 heavy (non-hydrogen) atoms. The summed E-state index contributed by atoms with van der Waals surface area (Å²) < 4.78 is 20.8. The van der Waals surface area contributed by atoms with Crippen LogP contribution in [0.5, 0.6) is 5.75 Å². The molecule has 0 radical (unpaired) electrons. The normalized spacial score (nSPS) is 17.5. The molecule has 1 amide bonds. The minimum Gasteiger partial charge on any atom is -0.490 e. The predicted octanol–water partition coefficient (Wildman–Crippen LogP) is 3.26. The standard InChI is InChI=1S/C21H22FN5O2/c22-15-6-8-16(9-7-15)29-17-10-12-26(13-11-17)19-3-1-2-18-23-21(25-27(18)19)24-20(28)14-4-5-14/h1-3,6-9,14,17H,4-5,10-13H2,(H,24,25,28). The molecule has 2 fully saturated rings. The summed E-state index contributed by atoms with van der Waals surface area (Å²) in [7, 11) is 0. The molecule has 3 aromatic rings. The molecule has 2 aliphatic rings. The third kappa shape index (κ3) is 3.87. The fourth-order valence-corrected chi connectivity index (χ4v) is 3.65. The largest absolute Gasteiger partial charge is 0.490 e. The number of fused-ring (bicyclic) bond motifs is 1. The number of pyridine rings is 1. The van der Waals surface area contributed by atoms with Gasteiger partial charge in [0.05, 0.1) is 0 Å². The smallest absolute Gasteiger partial charge is 0.249 e. The molecule has 1 N–H and O–H groups in total. The minimum atomic E-state index is -0.263. The molecule has 0 bridgehead atoms. The Labute approximate surface area is 167 Å². The lowest BCUT2D eigenvalue weighted by Gasteiger charge is -2.33. The van der Waals surface area contributed by atoms with Gasteiger partial charge in [0.15, 0.2) is 5.65 Å². The summed E-state index contributed by atoms with van der Waals surface area (Å²) in [6, 6.07) is 12.0. The minimum absolute atomic E-state index is 0.00112. The third-order valence-electron chi connectivity index (χ3n) is 5.41. The van der Waals surface area contributed by atoms with E-state index in [1.165, 1.54) is 12.1 Å². The van der Waals surface area contributed by atoms with Crippen LogP contribution < -0.4 is 15.0 Å². The van der Waals surface area contributed by atoms with Crippen LogP contribution in [0, 0.1) is 11.7 Å². The quantitative estimate of drug-likeness (QED) is 0.718. The van der Waals surface area contributed by atoms with Crippen LogP contribution in [0.15, 0.2) is 42.5 Å². The van der Waals surface area contributed by atoms with Crippen molar-refractivity contribution in [3.63, 3.8) is 0 Å². The Morgan fingerprint density at radius 3 is 2.55 bits per heavy atom. The van der Waals surface area contributed by atoms with Crippen LogP contribution >= 0.6 is 0 Å². The van der Waals surface area contributed by atoms with Crippen molar-refractivity contribution in [1.82, 2.24) is 14.6 Å². The van der Waals surface area contributed by atoms with Gasteiger partial charge in [-0.15, -0.1) is 5.10 Å². The molecule has 3 heterocycles. The number of nitrogens with zero attached hydrogens (tertiary/aromatic N) is 4. The van der Waals surface area contributed by atoms with Gasteiger partial charge in [-0.1, -0.05) is 6.07 Å². The third-order valence-corrected chi connectivity index (χ3v) is 5.41. The van der Waals surface area contributed by atoms with Crippen LogP contribution in [0.25, 0.3) is 5.65 Å². The topological polar surface area (TPSA) is 71.8 Å². The summed E-state index contributed by atoms with van der Waals surface area (Å²) >= 11 is 0. The summed E-state index contributed by atoms with van der Waals surface area (Å²) in [5.74, 6) is 1.84. The van der Waals surface area contributed by atoms with Crippen molar-refractivity contribution in [1.29, 1.82) is 0 Å². The van der Waals surface area contributed by atoms with Gasteiger partial charge >= 0.3 is 0 Å². The highest BCUT2D eigenvalue weighted by molar-refractivity contribution is 5.92. The number of carbonyl (C=O) groups is 1. The highest BCUT2D eigenvalue weighted by Gasteiger charge is 2.30. The molecule has 1 aromatic carbocycles. The first-order chi connectivity index (χ1) is 14.2. The Bertz CT molecular complexity index is 1020. The summed E-state index contributed by atoms with van der Waals surface area (Å²) in [5, 5.41) is 7.31. The first-order valence-electron chi connectivity index (χ1n) is 9.99. The van der Waals surface area contributed by atoms with Crippen LogP contribution in [0.1, 0.15) is 25.7 Å². The van der Waals surface area contributed by atoms with Gasteiger partial charge in [0.2, 0.25) is 11.9 Å². The van der Waals surface area contributed by atoms with Crippen molar-refractivity contribution in [3.05, 3.63) is 48.3 Å². The number of halogens is 1. The number of ether oxygens (including phenoxy) is 1. The second kappa shape index (κ2) is 7.35. The zero-order valence-electron chi connectivity index (χ0n) is 15.9.